The zero-order valence-electron chi connectivity index (χ0n) is 16.6. The number of phenolic OH excluding ortho intramolecular Hbond substituents is 1. The summed E-state index contributed by atoms with van der Waals surface area (Å²) >= 11 is 0. The Balaban J connectivity index is 2.97. The van der Waals surface area contributed by atoms with Crippen LogP contribution in [0.4, 0.5) is 0 Å². The number of aromatic hydroxyl groups is 1. The molecule has 0 aliphatic carbocycles. The number of benzene rings is 1. The summed E-state index contributed by atoms with van der Waals surface area (Å²) in [6.45, 7) is 5.94. The fourth-order valence-corrected chi connectivity index (χ4v) is 2.03. The van der Waals surface area contributed by atoms with Crippen LogP contribution in [-0.2, 0) is 24.0 Å². The van der Waals surface area contributed by atoms with Gasteiger partial charge in [-0.05, 0) is 45.4 Å². The Morgan fingerprint density at radius 2 is 1.76 bits per heavy atom. The first-order valence-corrected chi connectivity index (χ1v) is 8.72. The van der Waals surface area contributed by atoms with E-state index in [9.17, 15) is 24.3 Å². The number of nitrogens with one attached hydrogen (secondary N) is 3. The lowest BCUT2D eigenvalue weighted by Gasteiger charge is -2.25. The Morgan fingerprint density at radius 1 is 1.17 bits per heavy atom. The number of carbonyl (C=O) groups is 3. The van der Waals surface area contributed by atoms with Crippen LogP contribution in [0.2, 0.25) is 0 Å². The van der Waals surface area contributed by atoms with E-state index in [-0.39, 0.29) is 11.3 Å². The number of hydrogen-bond acceptors (Lipinski definition) is 7. The first kappa shape index (κ1) is 23.8. The van der Waals surface area contributed by atoms with Crippen LogP contribution in [0, 0.1) is 0 Å². The molecule has 0 aliphatic heterocycles. The fraction of sp³-hybridized carbons (Fsp3) is 0.421. The highest BCUT2D eigenvalue weighted by atomic mass is 16.7. The number of amides is 2. The van der Waals surface area contributed by atoms with Gasteiger partial charge < -0.3 is 20.8 Å². The van der Waals surface area contributed by atoms with Crippen molar-refractivity contribution in [2.45, 2.75) is 45.4 Å². The summed E-state index contributed by atoms with van der Waals surface area (Å²) in [7, 11) is 0. The molecule has 0 aliphatic rings. The lowest BCUT2D eigenvalue weighted by Crippen LogP contribution is -2.50. The predicted octanol–water partition coefficient (Wildman–Crippen LogP) is 0.00100. The molecule has 29 heavy (non-hydrogen) atoms. The SMILES string of the molecule is C[C@H](NC(=O)CNC(=O)[C@@H](NOC(C)(C)C)C(=C=O)c1ccc(O)cc1)C(=O)O. The maximum Gasteiger partial charge on any atom is 0.325 e. The highest BCUT2D eigenvalue weighted by molar-refractivity contribution is 6.04. The van der Waals surface area contributed by atoms with Gasteiger partial charge in [0.05, 0.1) is 17.7 Å². The second-order valence-electron chi connectivity index (χ2n) is 7.17. The molecule has 0 aromatic heterocycles. The van der Waals surface area contributed by atoms with Crippen molar-refractivity contribution in [1.82, 2.24) is 16.1 Å². The monoisotopic (exact) mass is 407 g/mol. The molecule has 1 aromatic rings. The molecule has 2 amide bonds. The Kier molecular flexibility index (Phi) is 8.53. The Morgan fingerprint density at radius 3 is 2.24 bits per heavy atom. The Labute approximate surface area is 167 Å². The van der Waals surface area contributed by atoms with E-state index in [2.05, 4.69) is 16.1 Å². The number of hydrogen-bond donors (Lipinski definition) is 5. The first-order valence-electron chi connectivity index (χ1n) is 8.72. The number of aliphatic carboxylic acids is 1. The van der Waals surface area contributed by atoms with Crippen LogP contribution >= 0.6 is 0 Å². The molecule has 158 valence electrons. The van der Waals surface area contributed by atoms with Crippen LogP contribution in [0.25, 0.3) is 5.57 Å². The maximum absolute atomic E-state index is 12.6. The van der Waals surface area contributed by atoms with E-state index in [4.69, 9.17) is 9.94 Å². The summed E-state index contributed by atoms with van der Waals surface area (Å²) in [5, 5.41) is 22.7. The number of carboxylic acids is 1. The van der Waals surface area contributed by atoms with Gasteiger partial charge in [-0.25, -0.2) is 4.79 Å². The zero-order valence-corrected chi connectivity index (χ0v) is 16.6. The van der Waals surface area contributed by atoms with Gasteiger partial charge in [0.25, 0.3) is 0 Å². The smallest absolute Gasteiger partial charge is 0.325 e. The first-order chi connectivity index (χ1) is 13.4. The molecule has 1 rings (SSSR count). The minimum absolute atomic E-state index is 0.0249. The van der Waals surface area contributed by atoms with E-state index in [0.717, 1.165) is 0 Å². The molecule has 1 aromatic carbocycles. The van der Waals surface area contributed by atoms with Gasteiger partial charge >= 0.3 is 5.97 Å². The third-order valence-electron chi connectivity index (χ3n) is 3.49. The van der Waals surface area contributed by atoms with Crippen molar-refractivity contribution in [3.63, 3.8) is 0 Å². The molecule has 0 heterocycles. The van der Waals surface area contributed by atoms with Crippen molar-refractivity contribution in [2.75, 3.05) is 6.54 Å². The molecular formula is C19H25N3O7. The van der Waals surface area contributed by atoms with Crippen molar-refractivity contribution in [1.29, 1.82) is 0 Å². The Bertz CT molecular complexity index is 793. The van der Waals surface area contributed by atoms with Crippen molar-refractivity contribution in [2.24, 2.45) is 0 Å². The molecule has 0 saturated heterocycles. The molecule has 0 unspecified atom stereocenters. The van der Waals surface area contributed by atoms with Crippen LogP contribution < -0.4 is 16.1 Å². The van der Waals surface area contributed by atoms with Gasteiger partial charge in [-0.2, -0.15) is 5.48 Å². The second kappa shape index (κ2) is 10.4. The van der Waals surface area contributed by atoms with E-state index in [1.54, 1.807) is 26.7 Å². The van der Waals surface area contributed by atoms with Crippen LogP contribution in [0.1, 0.15) is 33.3 Å². The molecule has 0 radical (unpaired) electrons. The van der Waals surface area contributed by atoms with E-state index in [1.807, 2.05) is 0 Å². The van der Waals surface area contributed by atoms with Gasteiger partial charge in [0.2, 0.25) is 11.8 Å². The summed E-state index contributed by atoms with van der Waals surface area (Å²) < 4.78 is 0. The molecular weight excluding hydrogens is 382 g/mol. The number of rotatable bonds is 9. The highest BCUT2D eigenvalue weighted by Crippen LogP contribution is 2.20. The van der Waals surface area contributed by atoms with E-state index in [0.29, 0.717) is 5.56 Å². The Hall–Kier alpha value is -3.20. The quantitative estimate of drug-likeness (QED) is 0.283. The minimum atomic E-state index is -1.32. The number of carboxylic acid groups (broad SMARTS) is 1. The normalized spacial score (nSPS) is 13.0. The summed E-state index contributed by atoms with van der Waals surface area (Å²) in [4.78, 5) is 52.2. The lowest BCUT2D eigenvalue weighted by molar-refractivity contribution is -0.141. The molecule has 0 spiro atoms. The molecule has 5 N–H and O–H groups in total. The van der Waals surface area contributed by atoms with Crippen molar-refractivity contribution < 1.29 is 34.2 Å². The summed E-state index contributed by atoms with van der Waals surface area (Å²) in [6, 6.07) is 3.09. The van der Waals surface area contributed by atoms with Crippen molar-refractivity contribution in [3.05, 3.63) is 29.8 Å². The average molecular weight is 407 g/mol. The van der Waals surface area contributed by atoms with E-state index >= 15 is 0 Å². The molecule has 0 fully saturated rings. The number of hydroxylamine groups is 1. The predicted molar refractivity (Wildman–Crippen MR) is 103 cm³/mol. The molecule has 10 nitrogen and oxygen atoms in total. The highest BCUT2D eigenvalue weighted by Gasteiger charge is 2.28. The van der Waals surface area contributed by atoms with Crippen LogP contribution in [0.3, 0.4) is 0 Å². The maximum atomic E-state index is 12.6. The van der Waals surface area contributed by atoms with Gasteiger partial charge in [0.15, 0.2) is 0 Å². The van der Waals surface area contributed by atoms with E-state index < -0.39 is 42.0 Å². The van der Waals surface area contributed by atoms with Crippen LogP contribution in [0.15, 0.2) is 24.3 Å². The molecule has 0 bridgehead atoms. The standard InChI is InChI=1S/C19H25N3O7/c1-11(18(27)28)21-15(25)9-20-17(26)16(22-29-19(2,3)4)14(10-23)12-5-7-13(24)8-6-12/h5-8,11,16,22,24H,9H2,1-4H3,(H,20,26)(H,21,25)(H,27,28)/t11-,16-/m0/s1. The molecule has 0 saturated carbocycles. The van der Waals surface area contributed by atoms with Crippen LogP contribution in [0.5, 0.6) is 5.75 Å². The largest absolute Gasteiger partial charge is 0.508 e. The van der Waals surface area contributed by atoms with E-state index in [1.165, 1.54) is 31.2 Å². The third-order valence-corrected chi connectivity index (χ3v) is 3.49. The van der Waals surface area contributed by atoms with Gasteiger partial charge in [0.1, 0.15) is 23.8 Å². The minimum Gasteiger partial charge on any atom is -0.508 e. The molecule has 10 heteroatoms. The number of carbonyl (C=O) groups excluding carboxylic acids is 3. The molecule has 2 atom stereocenters. The fourth-order valence-electron chi connectivity index (χ4n) is 2.03. The van der Waals surface area contributed by atoms with Crippen molar-refractivity contribution in [3.8, 4) is 5.75 Å². The topological polar surface area (TPSA) is 154 Å². The summed E-state index contributed by atoms with van der Waals surface area (Å²) in [5.74, 6) is -1.04. The lowest BCUT2D eigenvalue weighted by atomic mass is 9.99. The van der Waals surface area contributed by atoms with Crippen LogP contribution in [-0.4, -0.2) is 58.2 Å². The zero-order chi connectivity index (χ0) is 22.2. The van der Waals surface area contributed by atoms with Gasteiger partial charge in [0, 0.05) is 0 Å². The summed E-state index contributed by atoms with van der Waals surface area (Å²) in [5.41, 5.74) is 2.01. The van der Waals surface area contributed by atoms with Gasteiger partial charge in [-0.3, -0.25) is 19.2 Å². The second-order valence-corrected chi connectivity index (χ2v) is 7.17. The van der Waals surface area contributed by atoms with Crippen molar-refractivity contribution >= 4 is 29.3 Å². The number of phenols is 1. The van der Waals surface area contributed by atoms with Gasteiger partial charge in [-0.15, -0.1) is 0 Å². The summed E-state index contributed by atoms with van der Waals surface area (Å²) in [6.07, 6.45) is 0. The average Bonchev–Trinajstić information content (AvgIpc) is 2.63. The third kappa shape index (κ3) is 8.14. The van der Waals surface area contributed by atoms with Gasteiger partial charge in [-0.1, -0.05) is 12.1 Å².